The van der Waals surface area contributed by atoms with Crippen molar-refractivity contribution < 1.29 is 9.53 Å². The minimum absolute atomic E-state index is 0.164. The Labute approximate surface area is 105 Å². The smallest absolute Gasteiger partial charge is 0.162 e. The van der Waals surface area contributed by atoms with Gasteiger partial charge in [0.2, 0.25) is 0 Å². The molecule has 1 aromatic rings. The second-order valence-corrected chi connectivity index (χ2v) is 5.51. The highest BCUT2D eigenvalue weighted by atomic mass is 16.5. The van der Waals surface area contributed by atoms with Gasteiger partial charge >= 0.3 is 0 Å². The van der Waals surface area contributed by atoms with Gasteiger partial charge in [-0.1, -0.05) is 34.6 Å². The van der Waals surface area contributed by atoms with Gasteiger partial charge in [0.1, 0.15) is 5.75 Å². The number of carbonyl (C=O) groups excluding carboxylic acids is 1. The first-order chi connectivity index (χ1) is 7.77. The normalized spacial score (nSPS) is 10.2. The summed E-state index contributed by atoms with van der Waals surface area (Å²) in [7, 11) is 1.61. The van der Waals surface area contributed by atoms with Crippen LogP contribution in [0.2, 0.25) is 0 Å². The number of Topliss-reactive ketones (excluding diaryl/α,β-unsaturated/α-hetero) is 1. The highest BCUT2D eigenvalue weighted by molar-refractivity contribution is 5.95. The summed E-state index contributed by atoms with van der Waals surface area (Å²) in [6.07, 6.45) is 0.548. The molecule has 17 heavy (non-hydrogen) atoms. The van der Waals surface area contributed by atoms with Crippen LogP contribution in [0.5, 0.6) is 5.75 Å². The molecule has 1 aromatic carbocycles. The molecule has 0 saturated carbocycles. The number of ketones is 1. The largest absolute Gasteiger partial charge is 0.497 e. The van der Waals surface area contributed by atoms with Crippen molar-refractivity contribution in [2.75, 3.05) is 7.11 Å². The summed E-state index contributed by atoms with van der Waals surface area (Å²) >= 11 is 0. The highest BCUT2D eigenvalue weighted by Gasteiger charge is 2.01. The zero-order valence-electron chi connectivity index (χ0n) is 11.8. The Morgan fingerprint density at radius 2 is 1.53 bits per heavy atom. The lowest BCUT2D eigenvalue weighted by molar-refractivity contribution is 0.0988. The molecule has 0 unspecified atom stereocenters. The molecule has 0 spiro atoms. The maximum absolute atomic E-state index is 11.2. The second kappa shape index (κ2) is 7.10. The fraction of sp³-hybridized carbons (Fsp3) is 0.533. The summed E-state index contributed by atoms with van der Waals surface area (Å²) in [6.45, 7) is 10.6. The molecular weight excluding hydrogens is 212 g/mol. The van der Waals surface area contributed by atoms with Crippen LogP contribution in [0.3, 0.4) is 0 Å². The number of hydrogen-bond acceptors (Lipinski definition) is 2. The topological polar surface area (TPSA) is 26.3 Å². The summed E-state index contributed by atoms with van der Waals surface area (Å²) < 4.78 is 4.97. The molecule has 0 atom stereocenters. The van der Waals surface area contributed by atoms with Crippen LogP contribution in [0.25, 0.3) is 0 Å². The van der Waals surface area contributed by atoms with Crippen LogP contribution < -0.4 is 4.74 Å². The van der Waals surface area contributed by atoms with Crippen molar-refractivity contribution in [3.05, 3.63) is 29.8 Å². The van der Waals surface area contributed by atoms with Crippen molar-refractivity contribution in [3.63, 3.8) is 0 Å². The number of carbonyl (C=O) groups is 1. The van der Waals surface area contributed by atoms with E-state index in [4.69, 9.17) is 4.74 Å². The average Bonchev–Trinajstić information content (AvgIpc) is 2.26. The van der Waals surface area contributed by atoms with Crippen molar-refractivity contribution in [1.29, 1.82) is 0 Å². The molecule has 0 radical (unpaired) electrons. The molecule has 0 aliphatic rings. The summed E-state index contributed by atoms with van der Waals surface area (Å²) in [4.78, 5) is 11.2. The van der Waals surface area contributed by atoms with E-state index in [9.17, 15) is 4.79 Å². The van der Waals surface area contributed by atoms with E-state index in [0.717, 1.165) is 11.3 Å². The Balaban J connectivity index is 0.000000437. The fourth-order valence-corrected chi connectivity index (χ4v) is 0.981. The first-order valence-corrected chi connectivity index (χ1v) is 5.95. The lowest BCUT2D eigenvalue weighted by Crippen LogP contribution is -1.95. The number of benzene rings is 1. The quantitative estimate of drug-likeness (QED) is 0.730. The molecule has 0 N–H and O–H groups in total. The third-order valence-electron chi connectivity index (χ3n) is 1.73. The summed E-state index contributed by atoms with van der Waals surface area (Å²) in [5, 5.41) is 0. The Bertz CT molecular complexity index is 325. The molecule has 0 bridgehead atoms. The minimum Gasteiger partial charge on any atom is -0.497 e. The predicted octanol–water partition coefficient (Wildman–Crippen LogP) is 4.34. The van der Waals surface area contributed by atoms with Crippen molar-refractivity contribution in [3.8, 4) is 5.75 Å². The lowest BCUT2D eigenvalue weighted by atomic mass is 10.0. The molecular formula is C15H24O2. The minimum atomic E-state index is 0.164. The van der Waals surface area contributed by atoms with Gasteiger partial charge in [0.25, 0.3) is 0 Å². The van der Waals surface area contributed by atoms with Gasteiger partial charge in [0.15, 0.2) is 5.78 Å². The van der Waals surface area contributed by atoms with Crippen LogP contribution in [0.15, 0.2) is 24.3 Å². The SMILES string of the molecule is CC(C)(C)C.CCC(=O)c1ccc(OC)cc1. The van der Waals surface area contributed by atoms with E-state index in [0.29, 0.717) is 11.8 Å². The van der Waals surface area contributed by atoms with E-state index in [2.05, 4.69) is 27.7 Å². The van der Waals surface area contributed by atoms with E-state index in [-0.39, 0.29) is 5.78 Å². The zero-order valence-corrected chi connectivity index (χ0v) is 11.8. The molecule has 0 aliphatic heterocycles. The maximum Gasteiger partial charge on any atom is 0.162 e. The van der Waals surface area contributed by atoms with E-state index >= 15 is 0 Å². The van der Waals surface area contributed by atoms with Gasteiger partial charge in [-0.2, -0.15) is 0 Å². The van der Waals surface area contributed by atoms with Gasteiger partial charge in [-0.25, -0.2) is 0 Å². The molecule has 1 rings (SSSR count). The van der Waals surface area contributed by atoms with Crippen molar-refractivity contribution in [2.45, 2.75) is 41.0 Å². The van der Waals surface area contributed by atoms with Gasteiger partial charge in [0.05, 0.1) is 7.11 Å². The van der Waals surface area contributed by atoms with Crippen LogP contribution in [0.4, 0.5) is 0 Å². The van der Waals surface area contributed by atoms with Gasteiger partial charge in [-0.15, -0.1) is 0 Å². The zero-order chi connectivity index (χ0) is 13.5. The van der Waals surface area contributed by atoms with E-state index in [1.807, 2.05) is 6.92 Å². The van der Waals surface area contributed by atoms with Gasteiger partial charge < -0.3 is 4.74 Å². The van der Waals surface area contributed by atoms with Crippen molar-refractivity contribution >= 4 is 5.78 Å². The number of ether oxygens (including phenoxy) is 1. The van der Waals surface area contributed by atoms with E-state index in [1.54, 1.807) is 31.4 Å². The summed E-state index contributed by atoms with van der Waals surface area (Å²) in [5.74, 6) is 0.945. The first-order valence-electron chi connectivity index (χ1n) is 5.95. The molecule has 0 fully saturated rings. The predicted molar refractivity (Wildman–Crippen MR) is 72.7 cm³/mol. The van der Waals surface area contributed by atoms with Crippen LogP contribution in [-0.4, -0.2) is 12.9 Å². The molecule has 0 aromatic heterocycles. The second-order valence-electron chi connectivity index (χ2n) is 5.51. The van der Waals surface area contributed by atoms with Gasteiger partial charge in [-0.05, 0) is 29.7 Å². The third-order valence-corrected chi connectivity index (χ3v) is 1.73. The van der Waals surface area contributed by atoms with Crippen LogP contribution in [0.1, 0.15) is 51.4 Å². The van der Waals surface area contributed by atoms with Gasteiger partial charge in [0, 0.05) is 12.0 Å². The van der Waals surface area contributed by atoms with Crippen LogP contribution >= 0.6 is 0 Å². The van der Waals surface area contributed by atoms with Crippen LogP contribution in [-0.2, 0) is 0 Å². The average molecular weight is 236 g/mol. The Morgan fingerprint density at radius 3 is 1.82 bits per heavy atom. The number of rotatable bonds is 3. The first kappa shape index (κ1) is 15.7. The summed E-state index contributed by atoms with van der Waals surface area (Å²) in [5.41, 5.74) is 1.25. The number of hydrogen-bond donors (Lipinski definition) is 0. The number of methoxy groups -OCH3 is 1. The maximum atomic E-state index is 11.2. The fourth-order valence-electron chi connectivity index (χ4n) is 0.981. The molecule has 2 nitrogen and oxygen atoms in total. The molecule has 96 valence electrons. The molecule has 2 heteroatoms. The van der Waals surface area contributed by atoms with E-state index in [1.165, 1.54) is 0 Å². The third kappa shape index (κ3) is 8.49. The highest BCUT2D eigenvalue weighted by Crippen LogP contribution is 2.12. The molecule has 0 heterocycles. The summed E-state index contributed by atoms with van der Waals surface area (Å²) in [6, 6.07) is 7.15. The Hall–Kier alpha value is -1.31. The molecule has 0 amide bonds. The van der Waals surface area contributed by atoms with Crippen molar-refractivity contribution in [2.24, 2.45) is 5.41 Å². The van der Waals surface area contributed by atoms with Gasteiger partial charge in [-0.3, -0.25) is 4.79 Å². The molecule has 0 aliphatic carbocycles. The Kier molecular flexibility index (Phi) is 6.55. The standard InChI is InChI=1S/C10H12O2.C5H12/c1-3-10(11)8-4-6-9(12-2)7-5-8;1-5(2,3)4/h4-7H,3H2,1-2H3;1-4H3. The Morgan fingerprint density at radius 1 is 1.12 bits per heavy atom. The monoisotopic (exact) mass is 236 g/mol. The van der Waals surface area contributed by atoms with E-state index < -0.39 is 0 Å². The van der Waals surface area contributed by atoms with Crippen molar-refractivity contribution in [1.82, 2.24) is 0 Å². The van der Waals surface area contributed by atoms with Crippen LogP contribution in [0, 0.1) is 5.41 Å². The molecule has 0 saturated heterocycles. The lowest BCUT2D eigenvalue weighted by Gasteiger charge is -2.05.